The number of carbonyl (C=O) groups is 1. The smallest absolute Gasteiger partial charge is 0.284 e. The highest BCUT2D eigenvalue weighted by atomic mass is 16.6. The van der Waals surface area contributed by atoms with Crippen LogP contribution in [0.3, 0.4) is 0 Å². The van der Waals surface area contributed by atoms with Gasteiger partial charge in [-0.15, -0.1) is 0 Å². The minimum absolute atomic E-state index is 0.105. The molecule has 1 aromatic rings. The highest BCUT2D eigenvalue weighted by molar-refractivity contribution is 6.00. The van der Waals surface area contributed by atoms with E-state index in [1.54, 1.807) is 0 Å². The summed E-state index contributed by atoms with van der Waals surface area (Å²) in [5.41, 5.74) is -0.119. The van der Waals surface area contributed by atoms with Crippen LogP contribution >= 0.6 is 0 Å². The molecule has 0 heterocycles. The summed E-state index contributed by atoms with van der Waals surface area (Å²) in [6.07, 6.45) is 5.87. The molecular weight excluding hydrogens is 286 g/mol. The van der Waals surface area contributed by atoms with E-state index in [-0.39, 0.29) is 22.8 Å². The van der Waals surface area contributed by atoms with Gasteiger partial charge in [0.25, 0.3) is 5.69 Å². The van der Waals surface area contributed by atoms with E-state index < -0.39 is 4.92 Å². The van der Waals surface area contributed by atoms with Crippen LogP contribution in [0.4, 0.5) is 5.69 Å². The van der Waals surface area contributed by atoms with E-state index in [2.05, 4.69) is 0 Å². The Morgan fingerprint density at radius 1 is 1.18 bits per heavy atom. The van der Waals surface area contributed by atoms with Crippen molar-refractivity contribution < 1.29 is 19.2 Å². The fourth-order valence-corrected chi connectivity index (χ4v) is 3.01. The van der Waals surface area contributed by atoms with Gasteiger partial charge in [0.05, 0.1) is 30.8 Å². The van der Waals surface area contributed by atoms with Crippen LogP contribution in [0.25, 0.3) is 0 Å². The van der Waals surface area contributed by atoms with E-state index in [0.717, 1.165) is 25.7 Å². The molecule has 1 saturated carbocycles. The van der Waals surface area contributed by atoms with Crippen molar-refractivity contribution in [3.8, 4) is 11.5 Å². The SMILES string of the molecule is COc1cc(C(=O)CC2CCCCC2)c([N+](=O)[O-])cc1OC. The van der Waals surface area contributed by atoms with Gasteiger partial charge in [-0.05, 0) is 5.92 Å². The molecule has 0 N–H and O–H groups in total. The van der Waals surface area contributed by atoms with Gasteiger partial charge in [-0.25, -0.2) is 0 Å². The van der Waals surface area contributed by atoms with E-state index >= 15 is 0 Å². The van der Waals surface area contributed by atoms with Crippen LogP contribution < -0.4 is 9.47 Å². The highest BCUT2D eigenvalue weighted by Crippen LogP contribution is 2.36. The standard InChI is InChI=1S/C16H21NO5/c1-21-15-9-12(13(17(19)20)10-16(15)22-2)14(18)8-11-6-4-3-5-7-11/h9-11H,3-8H2,1-2H3. The predicted molar refractivity (Wildman–Crippen MR) is 81.7 cm³/mol. The zero-order chi connectivity index (χ0) is 16.1. The zero-order valence-corrected chi connectivity index (χ0v) is 13.0. The molecule has 0 bridgehead atoms. The summed E-state index contributed by atoms with van der Waals surface area (Å²) >= 11 is 0. The number of nitrogens with zero attached hydrogens (tertiary/aromatic N) is 1. The van der Waals surface area contributed by atoms with Crippen molar-refractivity contribution in [3.05, 3.63) is 27.8 Å². The summed E-state index contributed by atoms with van der Waals surface area (Å²) in [7, 11) is 2.85. The number of nitro benzene ring substituents is 1. The summed E-state index contributed by atoms with van der Waals surface area (Å²) < 4.78 is 10.2. The Bertz CT molecular complexity index is 564. The van der Waals surface area contributed by atoms with Crippen molar-refractivity contribution in [1.82, 2.24) is 0 Å². The maximum atomic E-state index is 12.5. The molecule has 0 atom stereocenters. The number of benzene rings is 1. The fourth-order valence-electron chi connectivity index (χ4n) is 3.01. The van der Waals surface area contributed by atoms with Crippen molar-refractivity contribution in [2.45, 2.75) is 38.5 Å². The second-order valence-corrected chi connectivity index (χ2v) is 5.61. The van der Waals surface area contributed by atoms with E-state index in [1.165, 1.54) is 32.8 Å². The normalized spacial score (nSPS) is 15.4. The molecule has 1 aliphatic rings. The largest absolute Gasteiger partial charge is 0.493 e. The van der Waals surface area contributed by atoms with Crippen molar-refractivity contribution in [2.24, 2.45) is 5.92 Å². The van der Waals surface area contributed by atoms with E-state index in [0.29, 0.717) is 18.1 Å². The monoisotopic (exact) mass is 307 g/mol. The van der Waals surface area contributed by atoms with E-state index in [1.807, 2.05) is 0 Å². The molecule has 6 nitrogen and oxygen atoms in total. The molecule has 1 aliphatic carbocycles. The van der Waals surface area contributed by atoms with Gasteiger partial charge >= 0.3 is 0 Å². The van der Waals surface area contributed by atoms with Crippen LogP contribution in [-0.2, 0) is 0 Å². The molecular formula is C16H21NO5. The average molecular weight is 307 g/mol. The third-order valence-corrected chi connectivity index (χ3v) is 4.20. The average Bonchev–Trinajstić information content (AvgIpc) is 2.54. The van der Waals surface area contributed by atoms with Gasteiger partial charge in [0.15, 0.2) is 17.3 Å². The van der Waals surface area contributed by atoms with Crippen molar-refractivity contribution in [2.75, 3.05) is 14.2 Å². The number of nitro groups is 1. The Labute approximate surface area is 129 Å². The lowest BCUT2D eigenvalue weighted by Gasteiger charge is -2.20. The Kier molecular flexibility index (Phi) is 5.35. The number of ether oxygens (including phenoxy) is 2. The van der Waals surface area contributed by atoms with Gasteiger partial charge in [0.2, 0.25) is 0 Å². The number of methoxy groups -OCH3 is 2. The third kappa shape index (κ3) is 3.55. The molecule has 120 valence electrons. The van der Waals surface area contributed by atoms with Gasteiger partial charge < -0.3 is 9.47 Å². The van der Waals surface area contributed by atoms with Gasteiger partial charge in [0.1, 0.15) is 0 Å². The Balaban J connectivity index is 2.30. The Morgan fingerprint density at radius 2 is 1.77 bits per heavy atom. The molecule has 6 heteroatoms. The maximum absolute atomic E-state index is 12.5. The van der Waals surface area contributed by atoms with Gasteiger partial charge in [-0.2, -0.15) is 0 Å². The lowest BCUT2D eigenvalue weighted by Crippen LogP contribution is -2.13. The molecule has 0 amide bonds. The van der Waals surface area contributed by atoms with E-state index in [4.69, 9.17) is 9.47 Å². The first kappa shape index (κ1) is 16.3. The summed E-state index contributed by atoms with van der Waals surface area (Å²) in [5.74, 6) is 0.719. The number of hydrogen-bond acceptors (Lipinski definition) is 5. The van der Waals surface area contributed by atoms with Crippen LogP contribution in [0.2, 0.25) is 0 Å². The minimum Gasteiger partial charge on any atom is -0.493 e. The highest BCUT2D eigenvalue weighted by Gasteiger charge is 2.26. The van der Waals surface area contributed by atoms with Crippen LogP contribution in [0, 0.1) is 16.0 Å². The van der Waals surface area contributed by atoms with Crippen LogP contribution in [0.1, 0.15) is 48.9 Å². The van der Waals surface area contributed by atoms with Crippen LogP contribution in [0.5, 0.6) is 11.5 Å². The van der Waals surface area contributed by atoms with Crippen LogP contribution in [0.15, 0.2) is 12.1 Å². The zero-order valence-electron chi connectivity index (χ0n) is 13.0. The molecule has 0 unspecified atom stereocenters. The van der Waals surface area contributed by atoms with Crippen LogP contribution in [-0.4, -0.2) is 24.9 Å². The molecule has 22 heavy (non-hydrogen) atoms. The lowest BCUT2D eigenvalue weighted by atomic mass is 9.84. The predicted octanol–water partition coefficient (Wildman–Crippen LogP) is 3.77. The molecule has 1 fully saturated rings. The number of hydrogen-bond donors (Lipinski definition) is 0. The first-order valence-corrected chi connectivity index (χ1v) is 7.50. The number of rotatable bonds is 6. The first-order valence-electron chi connectivity index (χ1n) is 7.50. The number of carbonyl (C=O) groups excluding carboxylic acids is 1. The third-order valence-electron chi connectivity index (χ3n) is 4.20. The van der Waals surface area contributed by atoms with Crippen molar-refractivity contribution >= 4 is 11.5 Å². The summed E-state index contributed by atoms with van der Waals surface area (Å²) in [6.45, 7) is 0. The van der Waals surface area contributed by atoms with Gasteiger partial charge in [0, 0.05) is 12.5 Å². The summed E-state index contributed by atoms with van der Waals surface area (Å²) in [6, 6.07) is 2.68. The number of Topliss-reactive ketones (excluding diaryl/α,β-unsaturated/α-hetero) is 1. The molecule has 0 spiro atoms. The molecule has 0 saturated heterocycles. The summed E-state index contributed by atoms with van der Waals surface area (Å²) in [5, 5.41) is 11.2. The Hall–Kier alpha value is -2.11. The second-order valence-electron chi connectivity index (χ2n) is 5.61. The molecule has 0 radical (unpaired) electrons. The number of ketones is 1. The first-order chi connectivity index (χ1) is 10.6. The van der Waals surface area contributed by atoms with Crippen molar-refractivity contribution in [3.63, 3.8) is 0 Å². The van der Waals surface area contributed by atoms with Gasteiger partial charge in [-0.1, -0.05) is 32.1 Å². The lowest BCUT2D eigenvalue weighted by molar-refractivity contribution is -0.385. The van der Waals surface area contributed by atoms with E-state index in [9.17, 15) is 14.9 Å². The molecule has 1 aromatic carbocycles. The summed E-state index contributed by atoms with van der Waals surface area (Å²) in [4.78, 5) is 23.2. The Morgan fingerprint density at radius 3 is 2.32 bits per heavy atom. The van der Waals surface area contributed by atoms with Crippen molar-refractivity contribution in [1.29, 1.82) is 0 Å². The fraction of sp³-hybridized carbons (Fsp3) is 0.562. The molecule has 2 rings (SSSR count). The van der Waals surface area contributed by atoms with Gasteiger partial charge in [-0.3, -0.25) is 14.9 Å². The second kappa shape index (κ2) is 7.24. The minimum atomic E-state index is -0.546. The quantitative estimate of drug-likeness (QED) is 0.454. The topological polar surface area (TPSA) is 78.7 Å². The molecule has 0 aromatic heterocycles. The molecule has 0 aliphatic heterocycles. The maximum Gasteiger partial charge on any atom is 0.284 e.